The van der Waals surface area contributed by atoms with Crippen molar-refractivity contribution in [2.75, 3.05) is 0 Å². The summed E-state index contributed by atoms with van der Waals surface area (Å²) in [5, 5.41) is 6.31. The lowest BCUT2D eigenvalue weighted by atomic mass is 10.2. The van der Waals surface area contributed by atoms with Gasteiger partial charge in [0.05, 0.1) is 5.71 Å². The lowest BCUT2D eigenvalue weighted by molar-refractivity contribution is -0.139. The summed E-state index contributed by atoms with van der Waals surface area (Å²) in [5.41, 5.74) is 3.55. The summed E-state index contributed by atoms with van der Waals surface area (Å²) in [6.45, 7) is 5.27. The van der Waals surface area contributed by atoms with Crippen molar-refractivity contribution in [1.82, 2.24) is 15.7 Å². The summed E-state index contributed by atoms with van der Waals surface area (Å²) in [6.07, 6.45) is 3.27. The minimum atomic E-state index is -0.785. The number of carbonyl (C=O) groups is 2. The van der Waals surface area contributed by atoms with Gasteiger partial charge in [-0.25, -0.2) is 5.43 Å². The molecule has 0 aromatic carbocycles. The van der Waals surface area contributed by atoms with Gasteiger partial charge in [-0.3, -0.25) is 14.6 Å². The first-order chi connectivity index (χ1) is 8.50. The lowest BCUT2D eigenvalue weighted by Gasteiger charge is -2.06. The van der Waals surface area contributed by atoms with Gasteiger partial charge >= 0.3 is 11.8 Å². The Bertz CT molecular complexity index is 454. The molecule has 2 amide bonds. The van der Waals surface area contributed by atoms with E-state index in [2.05, 4.69) is 20.8 Å². The Morgan fingerprint density at radius 2 is 2.06 bits per heavy atom. The highest BCUT2D eigenvalue weighted by molar-refractivity contribution is 6.35. The van der Waals surface area contributed by atoms with Gasteiger partial charge in [0.2, 0.25) is 0 Å². The highest BCUT2D eigenvalue weighted by atomic mass is 16.2. The number of amides is 2. The van der Waals surface area contributed by atoms with Crippen molar-refractivity contribution in [3.8, 4) is 0 Å². The van der Waals surface area contributed by atoms with Crippen LogP contribution in [0.3, 0.4) is 0 Å². The van der Waals surface area contributed by atoms with Crippen LogP contribution in [0, 0.1) is 0 Å². The molecule has 0 radical (unpaired) electrons. The second-order valence-electron chi connectivity index (χ2n) is 4.01. The van der Waals surface area contributed by atoms with E-state index in [0.717, 1.165) is 5.56 Å². The number of nitrogens with zero attached hydrogens (tertiary/aromatic N) is 2. The monoisotopic (exact) mass is 248 g/mol. The minimum Gasteiger partial charge on any atom is -0.346 e. The Labute approximate surface area is 105 Å². The second kappa shape index (κ2) is 6.48. The number of pyridine rings is 1. The van der Waals surface area contributed by atoms with Gasteiger partial charge in [-0.15, -0.1) is 0 Å². The molecule has 1 aromatic rings. The van der Waals surface area contributed by atoms with E-state index in [1.807, 2.05) is 6.07 Å². The zero-order chi connectivity index (χ0) is 13.5. The first kappa shape index (κ1) is 13.8. The van der Waals surface area contributed by atoms with Crippen LogP contribution in [-0.4, -0.2) is 28.6 Å². The number of rotatable bonds is 3. The van der Waals surface area contributed by atoms with Crippen molar-refractivity contribution in [3.05, 3.63) is 30.1 Å². The van der Waals surface area contributed by atoms with Crippen LogP contribution in [0.1, 0.15) is 26.3 Å². The number of aromatic nitrogens is 1. The van der Waals surface area contributed by atoms with Crippen LogP contribution in [0.2, 0.25) is 0 Å². The van der Waals surface area contributed by atoms with Crippen molar-refractivity contribution in [2.24, 2.45) is 5.10 Å². The molecule has 1 rings (SSSR count). The van der Waals surface area contributed by atoms with Crippen molar-refractivity contribution >= 4 is 17.5 Å². The normalized spacial score (nSPS) is 11.2. The maximum Gasteiger partial charge on any atom is 0.329 e. The summed E-state index contributed by atoms with van der Waals surface area (Å²) in [7, 11) is 0. The van der Waals surface area contributed by atoms with E-state index in [-0.39, 0.29) is 6.04 Å². The van der Waals surface area contributed by atoms with E-state index in [9.17, 15) is 9.59 Å². The summed E-state index contributed by atoms with van der Waals surface area (Å²) in [4.78, 5) is 26.6. The average molecular weight is 248 g/mol. The quantitative estimate of drug-likeness (QED) is 0.462. The number of nitrogens with one attached hydrogen (secondary N) is 2. The van der Waals surface area contributed by atoms with Gasteiger partial charge in [0.15, 0.2) is 0 Å². The van der Waals surface area contributed by atoms with E-state index < -0.39 is 11.8 Å². The molecule has 0 spiro atoms. The molecule has 6 heteroatoms. The molecular formula is C12H16N4O2. The molecule has 0 atom stereocenters. The lowest BCUT2D eigenvalue weighted by Crippen LogP contribution is -2.41. The van der Waals surface area contributed by atoms with Crippen molar-refractivity contribution < 1.29 is 9.59 Å². The molecular weight excluding hydrogens is 232 g/mol. The molecule has 18 heavy (non-hydrogen) atoms. The summed E-state index contributed by atoms with van der Waals surface area (Å²) < 4.78 is 0. The first-order valence-corrected chi connectivity index (χ1v) is 5.56. The molecule has 0 unspecified atom stereocenters. The Hall–Kier alpha value is -2.24. The summed E-state index contributed by atoms with van der Waals surface area (Å²) in [6, 6.07) is 3.49. The highest BCUT2D eigenvalue weighted by Gasteiger charge is 2.13. The Kier molecular flexibility index (Phi) is 4.98. The van der Waals surface area contributed by atoms with Gasteiger partial charge in [0.1, 0.15) is 0 Å². The molecule has 2 N–H and O–H groups in total. The van der Waals surface area contributed by atoms with Gasteiger partial charge in [0.25, 0.3) is 0 Å². The molecule has 0 fully saturated rings. The Balaban J connectivity index is 2.59. The fourth-order valence-corrected chi connectivity index (χ4v) is 1.15. The van der Waals surface area contributed by atoms with E-state index >= 15 is 0 Å². The summed E-state index contributed by atoms with van der Waals surface area (Å²) >= 11 is 0. The van der Waals surface area contributed by atoms with Crippen molar-refractivity contribution in [1.29, 1.82) is 0 Å². The molecule has 0 bridgehead atoms. The van der Waals surface area contributed by atoms with Crippen LogP contribution in [-0.2, 0) is 9.59 Å². The molecule has 96 valence electrons. The van der Waals surface area contributed by atoms with Crippen molar-refractivity contribution in [2.45, 2.75) is 26.8 Å². The number of carbonyl (C=O) groups excluding carboxylic acids is 2. The third-order valence-electron chi connectivity index (χ3n) is 2.03. The van der Waals surface area contributed by atoms with Crippen LogP contribution < -0.4 is 10.7 Å². The molecule has 0 aliphatic carbocycles. The molecule has 1 heterocycles. The second-order valence-corrected chi connectivity index (χ2v) is 4.01. The molecule has 0 aliphatic heterocycles. The van der Waals surface area contributed by atoms with E-state index in [1.165, 1.54) is 0 Å². The number of hydrazone groups is 1. The van der Waals surface area contributed by atoms with Gasteiger partial charge in [0, 0.05) is 24.0 Å². The number of hydrogen-bond donors (Lipinski definition) is 2. The molecule has 0 saturated carbocycles. The Morgan fingerprint density at radius 3 is 2.61 bits per heavy atom. The Morgan fingerprint density at radius 1 is 1.33 bits per heavy atom. The molecule has 6 nitrogen and oxygen atoms in total. The molecule has 0 saturated heterocycles. The van der Waals surface area contributed by atoms with Crippen LogP contribution in [0.25, 0.3) is 0 Å². The minimum absolute atomic E-state index is 0.0911. The third kappa shape index (κ3) is 4.32. The van der Waals surface area contributed by atoms with Crippen LogP contribution in [0.4, 0.5) is 0 Å². The third-order valence-corrected chi connectivity index (χ3v) is 2.03. The summed E-state index contributed by atoms with van der Waals surface area (Å²) in [5.74, 6) is -1.49. The fraction of sp³-hybridized carbons (Fsp3) is 0.333. The van der Waals surface area contributed by atoms with Gasteiger partial charge < -0.3 is 5.32 Å². The zero-order valence-electron chi connectivity index (χ0n) is 10.6. The topological polar surface area (TPSA) is 83.5 Å². The predicted octanol–water partition coefficient (Wildman–Crippen LogP) is 0.446. The van der Waals surface area contributed by atoms with Crippen molar-refractivity contribution in [3.63, 3.8) is 0 Å². The number of hydrogen-bond acceptors (Lipinski definition) is 4. The fourth-order valence-electron chi connectivity index (χ4n) is 1.15. The maximum atomic E-state index is 11.4. The van der Waals surface area contributed by atoms with Gasteiger partial charge in [-0.2, -0.15) is 5.10 Å². The highest BCUT2D eigenvalue weighted by Crippen LogP contribution is 1.97. The largest absolute Gasteiger partial charge is 0.346 e. The SMILES string of the molecule is C/C(=N/NC(=O)C(=O)NC(C)C)c1cccnc1. The smallest absolute Gasteiger partial charge is 0.329 e. The van der Waals surface area contributed by atoms with Gasteiger partial charge in [-0.05, 0) is 26.8 Å². The van der Waals surface area contributed by atoms with Crippen LogP contribution in [0.15, 0.2) is 29.6 Å². The standard InChI is InChI=1S/C12H16N4O2/c1-8(2)14-11(17)12(18)16-15-9(3)10-5-4-6-13-7-10/h4-8H,1-3H3,(H,14,17)(H,16,18)/b15-9-. The predicted molar refractivity (Wildman–Crippen MR) is 67.9 cm³/mol. The van der Waals surface area contributed by atoms with E-state index in [1.54, 1.807) is 39.2 Å². The average Bonchev–Trinajstić information content (AvgIpc) is 2.35. The first-order valence-electron chi connectivity index (χ1n) is 5.56. The molecule has 1 aromatic heterocycles. The van der Waals surface area contributed by atoms with Gasteiger partial charge in [-0.1, -0.05) is 6.07 Å². The van der Waals surface area contributed by atoms with E-state index in [4.69, 9.17) is 0 Å². The van der Waals surface area contributed by atoms with Crippen LogP contribution >= 0.6 is 0 Å². The maximum absolute atomic E-state index is 11.4. The molecule has 0 aliphatic rings. The van der Waals surface area contributed by atoms with E-state index in [0.29, 0.717) is 5.71 Å². The zero-order valence-corrected chi connectivity index (χ0v) is 10.6. The van der Waals surface area contributed by atoms with Crippen LogP contribution in [0.5, 0.6) is 0 Å².